The van der Waals surface area contributed by atoms with E-state index in [2.05, 4.69) is 5.32 Å². The minimum absolute atomic E-state index is 0.00600. The topological polar surface area (TPSA) is 73.0 Å². The van der Waals surface area contributed by atoms with Crippen molar-refractivity contribution in [1.82, 2.24) is 14.7 Å². The zero-order valence-electron chi connectivity index (χ0n) is 16.8. The molecule has 7 heteroatoms. The Bertz CT molecular complexity index is 857. The molecule has 0 unspecified atom stereocenters. The zero-order chi connectivity index (χ0) is 20.8. The number of amides is 4. The molecule has 1 aliphatic rings. The van der Waals surface area contributed by atoms with E-state index < -0.39 is 0 Å². The van der Waals surface area contributed by atoms with Crippen molar-refractivity contribution in [3.63, 3.8) is 0 Å². The molecule has 1 N–H and O–H groups in total. The van der Waals surface area contributed by atoms with Crippen molar-refractivity contribution < 1.29 is 14.4 Å². The van der Waals surface area contributed by atoms with Gasteiger partial charge in [-0.25, -0.2) is 4.79 Å². The lowest BCUT2D eigenvalue weighted by molar-refractivity contribution is -0.127. The van der Waals surface area contributed by atoms with Gasteiger partial charge in [-0.15, -0.1) is 0 Å². The molecular weight excluding hydrogens is 368 g/mol. The van der Waals surface area contributed by atoms with Gasteiger partial charge in [0, 0.05) is 51.5 Å². The Hall–Kier alpha value is -3.35. The Kier molecular flexibility index (Phi) is 6.49. The smallest absolute Gasteiger partial charge is 0.321 e. The Morgan fingerprint density at radius 2 is 1.45 bits per heavy atom. The van der Waals surface area contributed by atoms with Gasteiger partial charge in [-0.3, -0.25) is 9.59 Å². The Balaban J connectivity index is 1.49. The highest BCUT2D eigenvalue weighted by Crippen LogP contribution is 2.13. The Morgan fingerprint density at radius 3 is 2.03 bits per heavy atom. The van der Waals surface area contributed by atoms with Crippen LogP contribution >= 0.6 is 0 Å². The predicted octanol–water partition coefficient (Wildman–Crippen LogP) is 2.31. The lowest BCUT2D eigenvalue weighted by Crippen LogP contribution is -2.51. The number of nitrogens with zero attached hydrogens (tertiary/aromatic N) is 3. The molecule has 0 saturated carbocycles. The van der Waals surface area contributed by atoms with Gasteiger partial charge in [0.25, 0.3) is 5.91 Å². The van der Waals surface area contributed by atoms with E-state index in [1.54, 1.807) is 53.1 Å². The van der Waals surface area contributed by atoms with Crippen LogP contribution in [0.25, 0.3) is 0 Å². The molecule has 0 spiro atoms. The van der Waals surface area contributed by atoms with Crippen LogP contribution in [-0.4, -0.2) is 72.8 Å². The fourth-order valence-electron chi connectivity index (χ4n) is 3.12. The number of likely N-dealkylation sites (N-methyl/N-ethyl adjacent to an activating group) is 1. The first-order valence-electron chi connectivity index (χ1n) is 9.63. The molecule has 29 heavy (non-hydrogen) atoms. The summed E-state index contributed by atoms with van der Waals surface area (Å²) in [5.74, 6) is 0.0261. The Morgan fingerprint density at radius 1 is 0.862 bits per heavy atom. The average molecular weight is 394 g/mol. The molecule has 1 saturated heterocycles. The van der Waals surface area contributed by atoms with Crippen LogP contribution in [0.5, 0.6) is 0 Å². The molecule has 1 heterocycles. The molecule has 3 rings (SSSR count). The molecule has 1 fully saturated rings. The van der Waals surface area contributed by atoms with E-state index in [9.17, 15) is 14.4 Å². The van der Waals surface area contributed by atoms with Gasteiger partial charge in [0.2, 0.25) is 5.91 Å². The number of benzene rings is 2. The van der Waals surface area contributed by atoms with Crippen LogP contribution in [0, 0.1) is 0 Å². The van der Waals surface area contributed by atoms with Gasteiger partial charge in [-0.05, 0) is 29.8 Å². The summed E-state index contributed by atoms with van der Waals surface area (Å²) < 4.78 is 0. The van der Waals surface area contributed by atoms with Crippen LogP contribution in [0.15, 0.2) is 54.6 Å². The van der Waals surface area contributed by atoms with Crippen LogP contribution < -0.4 is 5.32 Å². The van der Waals surface area contributed by atoms with Crippen molar-refractivity contribution in [2.75, 3.05) is 45.6 Å². The number of carbonyl (C=O) groups is 3. The molecule has 4 amide bonds. The van der Waals surface area contributed by atoms with Gasteiger partial charge in [-0.1, -0.05) is 30.3 Å². The Labute approximate surface area is 170 Å². The van der Waals surface area contributed by atoms with E-state index in [-0.39, 0.29) is 17.8 Å². The van der Waals surface area contributed by atoms with E-state index in [0.29, 0.717) is 43.9 Å². The van der Waals surface area contributed by atoms with Crippen molar-refractivity contribution in [3.05, 3.63) is 65.7 Å². The van der Waals surface area contributed by atoms with Gasteiger partial charge in [0.05, 0.1) is 6.42 Å². The van der Waals surface area contributed by atoms with Gasteiger partial charge in [0.1, 0.15) is 0 Å². The summed E-state index contributed by atoms with van der Waals surface area (Å²) in [5, 5.41) is 2.88. The fourth-order valence-corrected chi connectivity index (χ4v) is 3.12. The van der Waals surface area contributed by atoms with Crippen molar-refractivity contribution in [2.24, 2.45) is 0 Å². The summed E-state index contributed by atoms with van der Waals surface area (Å²) >= 11 is 0. The molecule has 0 aliphatic carbocycles. The highest BCUT2D eigenvalue weighted by Gasteiger charge is 2.24. The number of nitrogens with one attached hydrogen (secondary N) is 1. The SMILES string of the molecule is CN(C)C(=O)Cc1ccc(NC(=O)N2CCN(C(=O)c3ccccc3)CC2)cc1. The summed E-state index contributed by atoms with van der Waals surface area (Å²) in [6.45, 7) is 1.99. The maximum Gasteiger partial charge on any atom is 0.321 e. The van der Waals surface area contributed by atoms with Crippen LogP contribution in [0.4, 0.5) is 10.5 Å². The highest BCUT2D eigenvalue weighted by atomic mass is 16.2. The molecule has 7 nitrogen and oxygen atoms in total. The fraction of sp³-hybridized carbons (Fsp3) is 0.318. The van der Waals surface area contributed by atoms with Gasteiger partial charge in [-0.2, -0.15) is 0 Å². The lowest BCUT2D eigenvalue weighted by Gasteiger charge is -2.34. The largest absolute Gasteiger partial charge is 0.349 e. The summed E-state index contributed by atoms with van der Waals surface area (Å²) in [6, 6.07) is 16.3. The summed E-state index contributed by atoms with van der Waals surface area (Å²) in [5.41, 5.74) is 2.24. The standard InChI is InChI=1S/C22H26N4O3/c1-24(2)20(27)16-17-8-10-19(11-9-17)23-22(29)26-14-12-25(13-15-26)21(28)18-6-4-3-5-7-18/h3-11H,12-16H2,1-2H3,(H,23,29). The number of anilines is 1. The quantitative estimate of drug-likeness (QED) is 0.865. The molecule has 152 valence electrons. The first-order valence-corrected chi connectivity index (χ1v) is 9.63. The van der Waals surface area contributed by atoms with Crippen LogP contribution in [0.1, 0.15) is 15.9 Å². The summed E-state index contributed by atoms with van der Waals surface area (Å²) in [7, 11) is 3.45. The first kappa shape index (κ1) is 20.4. The zero-order valence-corrected chi connectivity index (χ0v) is 16.8. The number of hydrogen-bond donors (Lipinski definition) is 1. The maximum atomic E-state index is 12.5. The number of rotatable bonds is 4. The second-order valence-electron chi connectivity index (χ2n) is 7.24. The average Bonchev–Trinajstić information content (AvgIpc) is 2.75. The van der Waals surface area contributed by atoms with E-state index in [4.69, 9.17) is 0 Å². The van der Waals surface area contributed by atoms with E-state index in [1.165, 1.54) is 0 Å². The third-order valence-electron chi connectivity index (χ3n) is 4.93. The third-order valence-corrected chi connectivity index (χ3v) is 4.93. The molecular formula is C22H26N4O3. The minimum Gasteiger partial charge on any atom is -0.349 e. The maximum absolute atomic E-state index is 12.5. The predicted molar refractivity (Wildman–Crippen MR) is 112 cm³/mol. The van der Waals surface area contributed by atoms with Crippen molar-refractivity contribution in [3.8, 4) is 0 Å². The molecule has 2 aromatic carbocycles. The summed E-state index contributed by atoms with van der Waals surface area (Å²) in [6.07, 6.45) is 0.332. The normalized spacial score (nSPS) is 13.7. The van der Waals surface area contributed by atoms with Crippen molar-refractivity contribution in [2.45, 2.75) is 6.42 Å². The minimum atomic E-state index is -0.186. The number of carbonyl (C=O) groups excluding carboxylic acids is 3. The van der Waals surface area contributed by atoms with Gasteiger partial charge in [0.15, 0.2) is 0 Å². The van der Waals surface area contributed by atoms with Crippen molar-refractivity contribution in [1.29, 1.82) is 0 Å². The van der Waals surface area contributed by atoms with Gasteiger partial charge >= 0.3 is 6.03 Å². The van der Waals surface area contributed by atoms with E-state index >= 15 is 0 Å². The first-order chi connectivity index (χ1) is 13.9. The number of urea groups is 1. The molecule has 0 radical (unpaired) electrons. The van der Waals surface area contributed by atoms with Gasteiger partial charge < -0.3 is 20.0 Å². The number of piperazine rings is 1. The van der Waals surface area contributed by atoms with Crippen LogP contribution in [0.2, 0.25) is 0 Å². The van der Waals surface area contributed by atoms with Crippen molar-refractivity contribution >= 4 is 23.5 Å². The van der Waals surface area contributed by atoms with E-state index in [1.807, 2.05) is 30.3 Å². The summed E-state index contributed by atoms with van der Waals surface area (Å²) in [4.78, 5) is 41.8. The molecule has 1 aliphatic heterocycles. The molecule has 0 atom stereocenters. The van der Waals surface area contributed by atoms with Crippen LogP contribution in [0.3, 0.4) is 0 Å². The number of hydrogen-bond acceptors (Lipinski definition) is 3. The lowest BCUT2D eigenvalue weighted by atomic mass is 10.1. The molecule has 2 aromatic rings. The third kappa shape index (κ3) is 5.34. The molecule has 0 bridgehead atoms. The van der Waals surface area contributed by atoms with E-state index in [0.717, 1.165) is 5.56 Å². The monoisotopic (exact) mass is 394 g/mol. The second kappa shape index (κ2) is 9.23. The molecule has 0 aromatic heterocycles. The van der Waals surface area contributed by atoms with Crippen LogP contribution in [-0.2, 0) is 11.2 Å². The second-order valence-corrected chi connectivity index (χ2v) is 7.24. The highest BCUT2D eigenvalue weighted by molar-refractivity contribution is 5.94.